The van der Waals surface area contributed by atoms with Crippen molar-refractivity contribution >= 4 is 6.09 Å². The number of hydrogen-bond acceptors (Lipinski definition) is 3. The summed E-state index contributed by atoms with van der Waals surface area (Å²) in [6, 6.07) is 1.23. The number of nitrogens with zero attached hydrogens (tertiary/aromatic N) is 1. The molecule has 1 saturated heterocycles. The number of ether oxygens (including phenoxy) is 1. The van der Waals surface area contributed by atoms with Gasteiger partial charge in [0, 0.05) is 25.2 Å². The van der Waals surface area contributed by atoms with Crippen molar-refractivity contribution in [3.8, 4) is 0 Å². The fourth-order valence-corrected chi connectivity index (χ4v) is 3.64. The summed E-state index contributed by atoms with van der Waals surface area (Å²) in [5, 5.41) is 3.88. The maximum absolute atomic E-state index is 12.2. The standard InChI is InChI=1S/C18H34N2O2/c1-14-8-5-6-10-16(14)19-15-9-7-12-20(13-11-15)17(21)22-18(2,3)4/h14-16,19H,5-13H2,1-4H3. The first-order valence-corrected chi connectivity index (χ1v) is 9.09. The summed E-state index contributed by atoms with van der Waals surface area (Å²) in [6.45, 7) is 9.80. The van der Waals surface area contributed by atoms with Crippen LogP contribution in [-0.2, 0) is 4.74 Å². The number of nitrogens with one attached hydrogen (secondary N) is 1. The van der Waals surface area contributed by atoms with Crippen LogP contribution in [0.1, 0.15) is 72.6 Å². The van der Waals surface area contributed by atoms with Crippen LogP contribution in [0.3, 0.4) is 0 Å². The molecule has 0 radical (unpaired) electrons. The third-order valence-corrected chi connectivity index (χ3v) is 4.94. The molecule has 4 nitrogen and oxygen atoms in total. The fourth-order valence-electron chi connectivity index (χ4n) is 3.64. The van der Waals surface area contributed by atoms with Crippen molar-refractivity contribution in [2.24, 2.45) is 5.92 Å². The molecule has 0 aromatic carbocycles. The summed E-state index contributed by atoms with van der Waals surface area (Å²) in [6.07, 6.45) is 8.54. The lowest BCUT2D eigenvalue weighted by atomic mass is 9.85. The van der Waals surface area contributed by atoms with Crippen molar-refractivity contribution in [2.45, 2.75) is 90.3 Å². The first kappa shape index (κ1) is 17.6. The van der Waals surface area contributed by atoms with E-state index in [1.165, 1.54) is 32.1 Å². The molecule has 4 heteroatoms. The maximum Gasteiger partial charge on any atom is 0.410 e. The van der Waals surface area contributed by atoms with Crippen LogP contribution < -0.4 is 5.32 Å². The Morgan fingerprint density at radius 2 is 1.77 bits per heavy atom. The van der Waals surface area contributed by atoms with Gasteiger partial charge in [-0.3, -0.25) is 0 Å². The Balaban J connectivity index is 1.80. The molecule has 22 heavy (non-hydrogen) atoms. The Morgan fingerprint density at radius 3 is 2.45 bits per heavy atom. The minimum absolute atomic E-state index is 0.154. The Labute approximate surface area is 136 Å². The summed E-state index contributed by atoms with van der Waals surface area (Å²) in [5.41, 5.74) is -0.404. The summed E-state index contributed by atoms with van der Waals surface area (Å²) < 4.78 is 5.50. The van der Waals surface area contributed by atoms with Gasteiger partial charge in [0.25, 0.3) is 0 Å². The van der Waals surface area contributed by atoms with E-state index in [9.17, 15) is 4.79 Å². The lowest BCUT2D eigenvalue weighted by Crippen LogP contribution is -2.44. The van der Waals surface area contributed by atoms with Crippen molar-refractivity contribution in [3.63, 3.8) is 0 Å². The van der Waals surface area contributed by atoms with Crippen molar-refractivity contribution in [2.75, 3.05) is 13.1 Å². The van der Waals surface area contributed by atoms with Crippen LogP contribution in [-0.4, -0.2) is 41.8 Å². The molecule has 1 heterocycles. The highest BCUT2D eigenvalue weighted by atomic mass is 16.6. The van der Waals surface area contributed by atoms with Gasteiger partial charge in [-0.15, -0.1) is 0 Å². The van der Waals surface area contributed by atoms with E-state index in [2.05, 4.69) is 12.2 Å². The third kappa shape index (κ3) is 5.45. The normalized spacial score (nSPS) is 30.7. The van der Waals surface area contributed by atoms with Gasteiger partial charge < -0.3 is 15.0 Å². The first-order valence-electron chi connectivity index (χ1n) is 9.09. The second-order valence-corrected chi connectivity index (χ2v) is 8.13. The van der Waals surface area contributed by atoms with Crippen molar-refractivity contribution in [1.29, 1.82) is 0 Å². The molecule has 1 aliphatic carbocycles. The van der Waals surface area contributed by atoms with Crippen LogP contribution in [0.15, 0.2) is 0 Å². The lowest BCUT2D eigenvalue weighted by molar-refractivity contribution is 0.0255. The molecule has 1 aliphatic heterocycles. The number of hydrogen-bond donors (Lipinski definition) is 1. The minimum atomic E-state index is -0.404. The largest absolute Gasteiger partial charge is 0.444 e. The molecule has 128 valence electrons. The smallest absolute Gasteiger partial charge is 0.410 e. The lowest BCUT2D eigenvalue weighted by Gasteiger charge is -2.33. The second kappa shape index (κ2) is 7.67. The van der Waals surface area contributed by atoms with E-state index in [-0.39, 0.29) is 6.09 Å². The molecule has 0 aromatic rings. The van der Waals surface area contributed by atoms with Gasteiger partial charge in [0.05, 0.1) is 0 Å². The predicted molar refractivity (Wildman–Crippen MR) is 90.0 cm³/mol. The fraction of sp³-hybridized carbons (Fsp3) is 0.944. The molecular formula is C18H34N2O2. The highest BCUT2D eigenvalue weighted by Gasteiger charge is 2.28. The van der Waals surface area contributed by atoms with E-state index in [0.29, 0.717) is 12.1 Å². The average molecular weight is 310 g/mol. The average Bonchev–Trinajstić information content (AvgIpc) is 2.65. The third-order valence-electron chi connectivity index (χ3n) is 4.94. The zero-order valence-corrected chi connectivity index (χ0v) is 14.9. The summed E-state index contributed by atoms with van der Waals surface area (Å²) in [4.78, 5) is 14.1. The van der Waals surface area contributed by atoms with E-state index in [1.54, 1.807) is 0 Å². The molecule has 2 rings (SSSR count). The van der Waals surface area contributed by atoms with E-state index in [0.717, 1.165) is 31.8 Å². The zero-order valence-electron chi connectivity index (χ0n) is 14.9. The molecular weight excluding hydrogens is 276 g/mol. The number of carbonyl (C=O) groups is 1. The zero-order chi connectivity index (χ0) is 16.2. The van der Waals surface area contributed by atoms with Gasteiger partial charge in [0.15, 0.2) is 0 Å². The minimum Gasteiger partial charge on any atom is -0.444 e. The van der Waals surface area contributed by atoms with Crippen LogP contribution >= 0.6 is 0 Å². The highest BCUT2D eigenvalue weighted by molar-refractivity contribution is 5.68. The van der Waals surface area contributed by atoms with Crippen LogP contribution in [0.4, 0.5) is 4.79 Å². The SMILES string of the molecule is CC1CCCCC1NC1CCCN(C(=O)OC(C)(C)C)CC1. The van der Waals surface area contributed by atoms with Gasteiger partial charge in [-0.1, -0.05) is 19.8 Å². The summed E-state index contributed by atoms with van der Waals surface area (Å²) >= 11 is 0. The molecule has 0 bridgehead atoms. The quantitative estimate of drug-likeness (QED) is 0.840. The molecule has 2 fully saturated rings. The monoisotopic (exact) mass is 310 g/mol. The van der Waals surface area contributed by atoms with Crippen molar-refractivity contribution in [1.82, 2.24) is 10.2 Å². The molecule has 1 N–H and O–H groups in total. The van der Waals surface area contributed by atoms with Gasteiger partial charge in [-0.25, -0.2) is 4.79 Å². The van der Waals surface area contributed by atoms with Gasteiger partial charge in [-0.05, 0) is 58.8 Å². The summed E-state index contributed by atoms with van der Waals surface area (Å²) in [7, 11) is 0. The Bertz CT molecular complexity index is 365. The Hall–Kier alpha value is -0.770. The van der Waals surface area contributed by atoms with Crippen molar-refractivity contribution in [3.05, 3.63) is 0 Å². The molecule has 2 aliphatic rings. The number of rotatable bonds is 2. The van der Waals surface area contributed by atoms with Crippen LogP contribution in [0.5, 0.6) is 0 Å². The van der Waals surface area contributed by atoms with Gasteiger partial charge in [-0.2, -0.15) is 0 Å². The molecule has 1 amide bonds. The molecule has 1 saturated carbocycles. The Morgan fingerprint density at radius 1 is 1.05 bits per heavy atom. The predicted octanol–water partition coefficient (Wildman–Crippen LogP) is 3.94. The number of carbonyl (C=O) groups excluding carboxylic acids is 1. The van der Waals surface area contributed by atoms with E-state index in [4.69, 9.17) is 4.74 Å². The van der Waals surface area contributed by atoms with E-state index < -0.39 is 5.60 Å². The molecule has 3 unspecified atom stereocenters. The number of likely N-dealkylation sites (tertiary alicyclic amines) is 1. The van der Waals surface area contributed by atoms with Crippen LogP contribution in [0.25, 0.3) is 0 Å². The van der Waals surface area contributed by atoms with Crippen molar-refractivity contribution < 1.29 is 9.53 Å². The van der Waals surface area contributed by atoms with Gasteiger partial charge in [0.1, 0.15) is 5.60 Å². The summed E-state index contributed by atoms with van der Waals surface area (Å²) in [5.74, 6) is 0.791. The van der Waals surface area contributed by atoms with Gasteiger partial charge >= 0.3 is 6.09 Å². The Kier molecular flexibility index (Phi) is 6.13. The molecule has 0 aromatic heterocycles. The second-order valence-electron chi connectivity index (χ2n) is 8.13. The highest BCUT2D eigenvalue weighted by Crippen LogP contribution is 2.25. The first-order chi connectivity index (χ1) is 10.3. The van der Waals surface area contributed by atoms with E-state index in [1.807, 2.05) is 25.7 Å². The molecule has 0 spiro atoms. The van der Waals surface area contributed by atoms with Crippen LogP contribution in [0, 0.1) is 5.92 Å². The van der Waals surface area contributed by atoms with Crippen LogP contribution in [0.2, 0.25) is 0 Å². The topological polar surface area (TPSA) is 41.6 Å². The maximum atomic E-state index is 12.2. The van der Waals surface area contributed by atoms with E-state index >= 15 is 0 Å². The molecule has 3 atom stereocenters. The number of amides is 1. The van der Waals surface area contributed by atoms with Gasteiger partial charge in [0.2, 0.25) is 0 Å².